The van der Waals surface area contributed by atoms with Crippen molar-refractivity contribution in [3.63, 3.8) is 0 Å². The second-order valence-corrected chi connectivity index (χ2v) is 4.59. The van der Waals surface area contributed by atoms with Crippen molar-refractivity contribution in [3.8, 4) is 11.8 Å². The number of aliphatic hydroxyl groups is 1. The van der Waals surface area contributed by atoms with Crippen LogP contribution in [-0.4, -0.2) is 42.2 Å². The molecular weight excluding hydrogens is 240 g/mol. The van der Waals surface area contributed by atoms with E-state index >= 15 is 0 Å². The van der Waals surface area contributed by atoms with Gasteiger partial charge in [0.15, 0.2) is 0 Å². The maximum absolute atomic E-state index is 12.3. The fourth-order valence-electron chi connectivity index (χ4n) is 1.78. The lowest BCUT2D eigenvalue weighted by molar-refractivity contribution is 0.0703. The lowest BCUT2D eigenvalue weighted by atomic mass is 10.0. The molecule has 0 heterocycles. The molecule has 1 rings (SSSR count). The molecule has 1 aromatic rings. The number of likely N-dealkylation sites (N-methyl/N-ethyl adjacent to an activating group) is 1. The number of aryl methyl sites for hydroxylation is 1. The second kappa shape index (κ2) is 6.93. The van der Waals surface area contributed by atoms with Crippen molar-refractivity contribution < 1.29 is 9.90 Å². The summed E-state index contributed by atoms with van der Waals surface area (Å²) in [4.78, 5) is 13.8. The number of benzene rings is 1. The molecule has 1 atom stereocenters. The molecule has 4 nitrogen and oxygen atoms in total. The van der Waals surface area contributed by atoms with Gasteiger partial charge in [-0.3, -0.25) is 4.79 Å². The molecule has 0 bridgehead atoms. The number of hydrogen-bond donors (Lipinski definition) is 2. The number of rotatable bonds is 3. The molecule has 102 valence electrons. The van der Waals surface area contributed by atoms with Gasteiger partial charge in [-0.1, -0.05) is 23.5 Å². The summed E-state index contributed by atoms with van der Waals surface area (Å²) in [7, 11) is 1.66. The van der Waals surface area contributed by atoms with Crippen LogP contribution in [0.25, 0.3) is 0 Å². The van der Waals surface area contributed by atoms with Crippen molar-refractivity contribution in [3.05, 3.63) is 34.9 Å². The Labute approximate surface area is 114 Å². The average Bonchev–Trinajstić information content (AvgIpc) is 2.35. The van der Waals surface area contributed by atoms with E-state index in [1.54, 1.807) is 20.0 Å². The SMILES string of the molecule is Cc1ccc(C#CCN)c(C(=O)N(C)CC(C)O)c1. The van der Waals surface area contributed by atoms with E-state index in [1.165, 1.54) is 4.90 Å². The minimum Gasteiger partial charge on any atom is -0.392 e. The van der Waals surface area contributed by atoms with Gasteiger partial charge < -0.3 is 15.7 Å². The van der Waals surface area contributed by atoms with Gasteiger partial charge in [-0.2, -0.15) is 0 Å². The summed E-state index contributed by atoms with van der Waals surface area (Å²) >= 11 is 0. The molecule has 0 aliphatic heterocycles. The molecule has 0 saturated carbocycles. The number of amides is 1. The van der Waals surface area contributed by atoms with Crippen LogP contribution in [0, 0.1) is 18.8 Å². The van der Waals surface area contributed by atoms with Crippen molar-refractivity contribution in [2.75, 3.05) is 20.1 Å². The maximum Gasteiger partial charge on any atom is 0.254 e. The van der Waals surface area contributed by atoms with Crippen LogP contribution in [0.15, 0.2) is 18.2 Å². The molecule has 0 saturated heterocycles. The van der Waals surface area contributed by atoms with E-state index in [-0.39, 0.29) is 19.0 Å². The Balaban J connectivity index is 3.09. The molecule has 4 heteroatoms. The van der Waals surface area contributed by atoms with Gasteiger partial charge in [-0.25, -0.2) is 0 Å². The summed E-state index contributed by atoms with van der Waals surface area (Å²) in [5, 5.41) is 9.35. The van der Waals surface area contributed by atoms with E-state index in [0.29, 0.717) is 11.1 Å². The smallest absolute Gasteiger partial charge is 0.254 e. The van der Waals surface area contributed by atoms with Crippen LogP contribution in [0.1, 0.15) is 28.4 Å². The zero-order chi connectivity index (χ0) is 14.4. The van der Waals surface area contributed by atoms with Gasteiger partial charge in [0.2, 0.25) is 0 Å². The summed E-state index contributed by atoms with van der Waals surface area (Å²) in [6.07, 6.45) is -0.558. The van der Waals surface area contributed by atoms with Gasteiger partial charge in [0.1, 0.15) is 0 Å². The second-order valence-electron chi connectivity index (χ2n) is 4.59. The molecule has 0 aromatic heterocycles. The van der Waals surface area contributed by atoms with E-state index in [2.05, 4.69) is 11.8 Å². The molecular formula is C15H20N2O2. The molecule has 1 amide bonds. The number of nitrogens with zero attached hydrogens (tertiary/aromatic N) is 1. The first-order chi connectivity index (χ1) is 8.95. The van der Waals surface area contributed by atoms with Gasteiger partial charge in [0.25, 0.3) is 5.91 Å². The van der Waals surface area contributed by atoms with Crippen molar-refractivity contribution in [1.82, 2.24) is 4.90 Å². The molecule has 1 unspecified atom stereocenters. The van der Waals surface area contributed by atoms with Crippen LogP contribution in [0.3, 0.4) is 0 Å². The molecule has 0 aliphatic rings. The summed E-state index contributed by atoms with van der Waals surface area (Å²) < 4.78 is 0. The van der Waals surface area contributed by atoms with Crippen LogP contribution in [0.2, 0.25) is 0 Å². The summed E-state index contributed by atoms with van der Waals surface area (Å²) in [5.41, 5.74) is 7.56. The first-order valence-electron chi connectivity index (χ1n) is 6.18. The van der Waals surface area contributed by atoms with Gasteiger partial charge in [0, 0.05) is 19.2 Å². The zero-order valence-electron chi connectivity index (χ0n) is 11.6. The zero-order valence-corrected chi connectivity index (χ0v) is 11.6. The molecule has 0 radical (unpaired) electrons. The van der Waals surface area contributed by atoms with Crippen molar-refractivity contribution in [2.45, 2.75) is 20.0 Å². The number of nitrogens with two attached hydrogens (primary N) is 1. The van der Waals surface area contributed by atoms with Crippen LogP contribution >= 0.6 is 0 Å². The minimum atomic E-state index is -0.558. The Morgan fingerprint density at radius 3 is 2.79 bits per heavy atom. The third-order valence-corrected chi connectivity index (χ3v) is 2.62. The van der Waals surface area contributed by atoms with E-state index in [4.69, 9.17) is 5.73 Å². The standard InChI is InChI=1S/C15H20N2O2/c1-11-6-7-13(5-4-8-16)14(9-11)15(19)17(3)10-12(2)18/h6-7,9,12,18H,8,10,16H2,1-3H3. The number of aliphatic hydroxyl groups excluding tert-OH is 1. The molecule has 3 N–H and O–H groups in total. The van der Waals surface area contributed by atoms with Crippen molar-refractivity contribution in [2.24, 2.45) is 5.73 Å². The van der Waals surface area contributed by atoms with E-state index in [1.807, 2.05) is 19.1 Å². The van der Waals surface area contributed by atoms with E-state index in [9.17, 15) is 9.90 Å². The topological polar surface area (TPSA) is 66.6 Å². The van der Waals surface area contributed by atoms with Crippen LogP contribution < -0.4 is 5.73 Å². The minimum absolute atomic E-state index is 0.147. The predicted molar refractivity (Wildman–Crippen MR) is 75.8 cm³/mol. The Bertz CT molecular complexity index is 513. The summed E-state index contributed by atoms with van der Waals surface area (Å²) in [6, 6.07) is 5.54. The third kappa shape index (κ3) is 4.40. The first kappa shape index (κ1) is 15.2. The van der Waals surface area contributed by atoms with Crippen LogP contribution in [-0.2, 0) is 0 Å². The fraction of sp³-hybridized carbons (Fsp3) is 0.400. The highest BCUT2D eigenvalue weighted by molar-refractivity contribution is 5.96. The van der Waals surface area contributed by atoms with Crippen molar-refractivity contribution in [1.29, 1.82) is 0 Å². The molecule has 19 heavy (non-hydrogen) atoms. The summed E-state index contributed by atoms with van der Waals surface area (Å²) in [5.74, 6) is 5.51. The molecule has 0 aliphatic carbocycles. The first-order valence-corrected chi connectivity index (χ1v) is 6.18. The number of carbonyl (C=O) groups excluding carboxylic acids is 1. The van der Waals surface area contributed by atoms with E-state index in [0.717, 1.165) is 5.56 Å². The number of hydrogen-bond acceptors (Lipinski definition) is 3. The molecule has 0 fully saturated rings. The molecule has 1 aromatic carbocycles. The largest absolute Gasteiger partial charge is 0.392 e. The van der Waals surface area contributed by atoms with E-state index < -0.39 is 6.10 Å². The highest BCUT2D eigenvalue weighted by Gasteiger charge is 2.16. The normalized spacial score (nSPS) is 11.4. The van der Waals surface area contributed by atoms with Crippen molar-refractivity contribution >= 4 is 5.91 Å². The lowest BCUT2D eigenvalue weighted by Gasteiger charge is -2.19. The third-order valence-electron chi connectivity index (χ3n) is 2.62. The fourth-order valence-corrected chi connectivity index (χ4v) is 1.78. The lowest BCUT2D eigenvalue weighted by Crippen LogP contribution is -2.33. The Morgan fingerprint density at radius 2 is 2.21 bits per heavy atom. The maximum atomic E-state index is 12.3. The monoisotopic (exact) mass is 260 g/mol. The number of carbonyl (C=O) groups is 1. The quantitative estimate of drug-likeness (QED) is 0.788. The van der Waals surface area contributed by atoms with Gasteiger partial charge in [-0.05, 0) is 26.0 Å². The van der Waals surface area contributed by atoms with Crippen LogP contribution in [0.5, 0.6) is 0 Å². The summed E-state index contributed by atoms with van der Waals surface area (Å²) in [6.45, 7) is 4.11. The predicted octanol–water partition coefficient (Wildman–Crippen LogP) is 0.758. The Morgan fingerprint density at radius 1 is 1.53 bits per heavy atom. The van der Waals surface area contributed by atoms with Gasteiger partial charge in [0.05, 0.1) is 18.2 Å². The van der Waals surface area contributed by atoms with Crippen LogP contribution in [0.4, 0.5) is 0 Å². The average molecular weight is 260 g/mol. The highest BCUT2D eigenvalue weighted by Crippen LogP contribution is 2.13. The van der Waals surface area contributed by atoms with Gasteiger partial charge in [-0.15, -0.1) is 0 Å². The highest BCUT2D eigenvalue weighted by atomic mass is 16.3. The van der Waals surface area contributed by atoms with Gasteiger partial charge >= 0.3 is 0 Å². The Kier molecular flexibility index (Phi) is 5.56. The molecule has 0 spiro atoms. The Hall–Kier alpha value is -1.83.